The van der Waals surface area contributed by atoms with Gasteiger partial charge in [0.25, 0.3) is 0 Å². The predicted octanol–water partition coefficient (Wildman–Crippen LogP) is 2.20. The Bertz CT molecular complexity index is 352. The molecule has 2 nitrogen and oxygen atoms in total. The lowest BCUT2D eigenvalue weighted by Gasteiger charge is -2.22. The van der Waals surface area contributed by atoms with Crippen LogP contribution in [0.5, 0.6) is 0 Å². The highest BCUT2D eigenvalue weighted by Gasteiger charge is 2.33. The topological polar surface area (TPSA) is 29.1 Å². The van der Waals surface area contributed by atoms with Gasteiger partial charge in [0.15, 0.2) is 0 Å². The van der Waals surface area contributed by atoms with Gasteiger partial charge in [0.1, 0.15) is 0 Å². The average molecular weight is 221 g/mol. The summed E-state index contributed by atoms with van der Waals surface area (Å²) in [6.45, 7) is 2.10. The number of aryl methyl sites for hydroxylation is 1. The zero-order chi connectivity index (χ0) is 10.7. The number of hydrogen-bond acceptors (Lipinski definition) is 2. The molecule has 0 spiro atoms. The molecule has 1 N–H and O–H groups in total. The number of hydrogen-bond donors (Lipinski definition) is 1. The van der Waals surface area contributed by atoms with Gasteiger partial charge in [0.2, 0.25) is 5.91 Å². The van der Waals surface area contributed by atoms with Gasteiger partial charge in [-0.15, -0.1) is 11.8 Å². The first kappa shape index (κ1) is 10.6. The highest BCUT2D eigenvalue weighted by Crippen LogP contribution is 2.31. The number of thioether (sulfide) groups is 1. The van der Waals surface area contributed by atoms with Gasteiger partial charge >= 0.3 is 0 Å². The lowest BCUT2D eigenvalue weighted by atomic mass is 10.1. The molecule has 1 aromatic carbocycles. The second-order valence-electron chi connectivity index (χ2n) is 4.05. The van der Waals surface area contributed by atoms with E-state index in [1.54, 1.807) is 11.8 Å². The van der Waals surface area contributed by atoms with Crippen molar-refractivity contribution in [1.29, 1.82) is 0 Å². The number of benzene rings is 1. The summed E-state index contributed by atoms with van der Waals surface area (Å²) in [7, 11) is 0. The van der Waals surface area contributed by atoms with Gasteiger partial charge in [0, 0.05) is 0 Å². The molecular weight excluding hydrogens is 206 g/mol. The van der Waals surface area contributed by atoms with E-state index in [1.165, 1.54) is 5.56 Å². The van der Waals surface area contributed by atoms with Crippen molar-refractivity contribution in [3.63, 3.8) is 0 Å². The molecular formula is C12H15NOS. The first-order valence-electron chi connectivity index (χ1n) is 5.17. The van der Waals surface area contributed by atoms with Crippen molar-refractivity contribution >= 4 is 17.7 Å². The van der Waals surface area contributed by atoms with Gasteiger partial charge in [-0.05, 0) is 25.3 Å². The largest absolute Gasteiger partial charge is 0.341 e. The van der Waals surface area contributed by atoms with Crippen LogP contribution in [-0.2, 0) is 11.2 Å². The molecule has 1 heterocycles. The number of rotatable bonds is 3. The highest BCUT2D eigenvalue weighted by molar-refractivity contribution is 8.01. The Morgan fingerprint density at radius 2 is 2.13 bits per heavy atom. The molecule has 0 unspecified atom stereocenters. The number of amides is 1. The zero-order valence-electron chi connectivity index (χ0n) is 8.82. The molecule has 80 valence electrons. The van der Waals surface area contributed by atoms with Crippen LogP contribution in [0.25, 0.3) is 0 Å². The maximum Gasteiger partial charge on any atom is 0.231 e. The molecule has 0 bridgehead atoms. The molecule has 2 rings (SSSR count). The highest BCUT2D eigenvalue weighted by atomic mass is 32.2. The summed E-state index contributed by atoms with van der Waals surface area (Å²) in [6, 6.07) is 10.4. The molecule has 1 atom stereocenters. The summed E-state index contributed by atoms with van der Waals surface area (Å²) < 4.78 is 0. The van der Waals surface area contributed by atoms with Crippen molar-refractivity contribution < 1.29 is 4.79 Å². The van der Waals surface area contributed by atoms with E-state index in [9.17, 15) is 4.79 Å². The standard InChI is InChI=1S/C12H15NOS/c1-12(13-11(14)9-15-12)8-7-10-5-3-2-4-6-10/h2-6H,7-9H2,1H3,(H,13,14)/t12-/m0/s1. The normalized spacial score (nSPS) is 25.3. The van der Waals surface area contributed by atoms with Crippen LogP contribution in [-0.4, -0.2) is 16.5 Å². The Kier molecular flexibility index (Phi) is 3.00. The molecule has 1 aromatic rings. The predicted molar refractivity (Wildman–Crippen MR) is 63.8 cm³/mol. The lowest BCUT2D eigenvalue weighted by molar-refractivity contribution is -0.118. The van der Waals surface area contributed by atoms with Crippen molar-refractivity contribution in [2.24, 2.45) is 0 Å². The molecule has 0 aromatic heterocycles. The van der Waals surface area contributed by atoms with E-state index in [2.05, 4.69) is 36.5 Å². The van der Waals surface area contributed by atoms with Crippen molar-refractivity contribution in [3.8, 4) is 0 Å². The minimum atomic E-state index is -0.0626. The molecule has 1 amide bonds. The van der Waals surface area contributed by atoms with Crippen LogP contribution in [0.15, 0.2) is 30.3 Å². The first-order chi connectivity index (χ1) is 7.18. The fourth-order valence-electron chi connectivity index (χ4n) is 1.75. The summed E-state index contributed by atoms with van der Waals surface area (Å²) in [5.74, 6) is 0.765. The quantitative estimate of drug-likeness (QED) is 0.847. The molecule has 0 aliphatic carbocycles. The van der Waals surface area contributed by atoms with E-state index in [1.807, 2.05) is 6.07 Å². The smallest absolute Gasteiger partial charge is 0.231 e. The summed E-state index contributed by atoms with van der Waals surface area (Å²) in [5.41, 5.74) is 1.33. The second kappa shape index (κ2) is 4.27. The molecule has 15 heavy (non-hydrogen) atoms. The monoisotopic (exact) mass is 221 g/mol. The summed E-state index contributed by atoms with van der Waals surface area (Å²) in [6.07, 6.45) is 2.01. The van der Waals surface area contributed by atoms with Crippen molar-refractivity contribution in [2.45, 2.75) is 24.6 Å². The average Bonchev–Trinajstić information content (AvgIpc) is 2.58. The number of carbonyl (C=O) groups is 1. The third-order valence-corrected chi connectivity index (χ3v) is 4.01. The number of nitrogens with one attached hydrogen (secondary N) is 1. The molecule has 1 fully saturated rings. The molecule has 1 aliphatic heterocycles. The molecule has 0 radical (unpaired) electrons. The van der Waals surface area contributed by atoms with Crippen LogP contribution in [0.3, 0.4) is 0 Å². The van der Waals surface area contributed by atoms with Crippen molar-refractivity contribution in [2.75, 3.05) is 5.75 Å². The Morgan fingerprint density at radius 1 is 1.40 bits per heavy atom. The SMILES string of the molecule is C[C@]1(CCc2ccccc2)NC(=O)CS1. The minimum Gasteiger partial charge on any atom is -0.341 e. The summed E-state index contributed by atoms with van der Waals surface area (Å²) in [4.78, 5) is 11.1. The van der Waals surface area contributed by atoms with Gasteiger partial charge in [-0.3, -0.25) is 4.79 Å². The molecule has 1 aliphatic rings. The third kappa shape index (κ3) is 2.75. The van der Waals surface area contributed by atoms with E-state index in [4.69, 9.17) is 0 Å². The maximum absolute atomic E-state index is 11.1. The van der Waals surface area contributed by atoms with Crippen LogP contribution >= 0.6 is 11.8 Å². The van der Waals surface area contributed by atoms with E-state index in [0.717, 1.165) is 12.8 Å². The Balaban J connectivity index is 1.91. The second-order valence-corrected chi connectivity index (χ2v) is 5.53. The van der Waals surface area contributed by atoms with E-state index in [-0.39, 0.29) is 10.8 Å². The third-order valence-electron chi connectivity index (χ3n) is 2.66. The Morgan fingerprint density at radius 3 is 2.73 bits per heavy atom. The zero-order valence-corrected chi connectivity index (χ0v) is 9.64. The van der Waals surface area contributed by atoms with Crippen molar-refractivity contribution in [3.05, 3.63) is 35.9 Å². The van der Waals surface area contributed by atoms with Gasteiger partial charge in [-0.2, -0.15) is 0 Å². The van der Waals surface area contributed by atoms with Gasteiger partial charge in [-0.25, -0.2) is 0 Å². The fourth-order valence-corrected chi connectivity index (χ4v) is 2.71. The van der Waals surface area contributed by atoms with E-state index >= 15 is 0 Å². The summed E-state index contributed by atoms with van der Waals surface area (Å²) in [5, 5.41) is 3.02. The van der Waals surface area contributed by atoms with E-state index in [0.29, 0.717) is 5.75 Å². The van der Waals surface area contributed by atoms with Crippen LogP contribution in [0, 0.1) is 0 Å². The van der Waals surface area contributed by atoms with Gasteiger partial charge in [0.05, 0.1) is 10.6 Å². The maximum atomic E-state index is 11.1. The first-order valence-corrected chi connectivity index (χ1v) is 6.15. The molecule has 3 heteroatoms. The van der Waals surface area contributed by atoms with Gasteiger partial charge < -0.3 is 5.32 Å². The fraction of sp³-hybridized carbons (Fsp3) is 0.417. The molecule has 1 saturated heterocycles. The minimum absolute atomic E-state index is 0.0626. The molecule has 0 saturated carbocycles. The summed E-state index contributed by atoms with van der Waals surface area (Å²) >= 11 is 1.71. The van der Waals surface area contributed by atoms with Crippen LogP contribution in [0.4, 0.5) is 0 Å². The van der Waals surface area contributed by atoms with E-state index < -0.39 is 0 Å². The van der Waals surface area contributed by atoms with Crippen molar-refractivity contribution in [1.82, 2.24) is 5.32 Å². The van der Waals surface area contributed by atoms with Crippen LogP contribution in [0.1, 0.15) is 18.9 Å². The number of carbonyl (C=O) groups excluding carboxylic acids is 1. The van der Waals surface area contributed by atoms with Crippen LogP contribution in [0.2, 0.25) is 0 Å². The Hall–Kier alpha value is -0.960. The van der Waals surface area contributed by atoms with Crippen LogP contribution < -0.4 is 5.32 Å². The lowest BCUT2D eigenvalue weighted by Crippen LogP contribution is -2.36. The Labute approximate surface area is 94.4 Å². The van der Waals surface area contributed by atoms with Gasteiger partial charge in [-0.1, -0.05) is 30.3 Å².